The lowest BCUT2D eigenvalue weighted by atomic mass is 9.77. The van der Waals surface area contributed by atoms with Gasteiger partial charge in [0, 0.05) is 18.5 Å². The molecule has 0 amide bonds. The maximum absolute atomic E-state index is 5.16. The molecule has 0 spiro atoms. The first-order valence-electron chi connectivity index (χ1n) is 16.6. The molecule has 7 nitrogen and oxygen atoms in total. The zero-order valence-electron chi connectivity index (χ0n) is 27.5. The molecule has 0 aliphatic carbocycles. The molecule has 7 aromatic rings. The number of rotatable bonds is 11. The SMILES string of the molecule is CCc1nc(CC)c(I)c(NCc2ccc(-c3ccccc3-c3nnn(C(c4ccccc4)(c4ccccc4)c4ccccc4)n3)cc2)n1. The Morgan fingerprint density at radius 1 is 0.633 bits per heavy atom. The van der Waals surface area contributed by atoms with E-state index in [4.69, 9.17) is 20.4 Å². The van der Waals surface area contributed by atoms with E-state index in [1.807, 2.05) is 24.3 Å². The zero-order chi connectivity index (χ0) is 33.6. The minimum atomic E-state index is -0.837. The van der Waals surface area contributed by atoms with Crippen molar-refractivity contribution in [1.29, 1.82) is 0 Å². The summed E-state index contributed by atoms with van der Waals surface area (Å²) in [6.45, 7) is 4.88. The molecule has 242 valence electrons. The second kappa shape index (κ2) is 14.5. The number of aryl methyl sites for hydroxylation is 2. The summed E-state index contributed by atoms with van der Waals surface area (Å²) in [5.41, 5.74) is 7.57. The van der Waals surface area contributed by atoms with Crippen molar-refractivity contribution in [3.8, 4) is 22.5 Å². The minimum Gasteiger partial charge on any atom is -0.365 e. The fourth-order valence-electron chi connectivity index (χ4n) is 6.32. The van der Waals surface area contributed by atoms with Crippen molar-refractivity contribution in [3.63, 3.8) is 0 Å². The van der Waals surface area contributed by atoms with Crippen LogP contribution in [0.25, 0.3) is 22.5 Å². The molecule has 0 aliphatic heterocycles. The van der Waals surface area contributed by atoms with Crippen molar-refractivity contribution in [1.82, 2.24) is 30.2 Å². The van der Waals surface area contributed by atoms with Gasteiger partial charge in [-0.15, -0.1) is 15.0 Å². The number of nitrogens with zero attached hydrogens (tertiary/aromatic N) is 6. The van der Waals surface area contributed by atoms with Gasteiger partial charge in [-0.2, -0.15) is 0 Å². The number of halogens is 1. The van der Waals surface area contributed by atoms with Crippen molar-refractivity contribution in [2.45, 2.75) is 38.8 Å². The van der Waals surface area contributed by atoms with Gasteiger partial charge < -0.3 is 5.32 Å². The summed E-state index contributed by atoms with van der Waals surface area (Å²) in [5, 5.41) is 18.2. The van der Waals surface area contributed by atoms with Crippen LogP contribution in [0.2, 0.25) is 0 Å². The third-order valence-electron chi connectivity index (χ3n) is 8.80. The van der Waals surface area contributed by atoms with E-state index in [2.05, 4.69) is 162 Å². The van der Waals surface area contributed by atoms with Gasteiger partial charge in [0.05, 0.1) is 9.26 Å². The topological polar surface area (TPSA) is 81.4 Å². The smallest absolute Gasteiger partial charge is 0.205 e. The van der Waals surface area contributed by atoms with Crippen LogP contribution in [-0.2, 0) is 24.9 Å². The van der Waals surface area contributed by atoms with Gasteiger partial charge in [0.25, 0.3) is 0 Å². The van der Waals surface area contributed by atoms with Crippen LogP contribution in [0.4, 0.5) is 5.82 Å². The number of aromatic nitrogens is 6. The molecule has 0 bridgehead atoms. The highest BCUT2D eigenvalue weighted by Crippen LogP contribution is 2.40. The Bertz CT molecular complexity index is 2050. The molecule has 49 heavy (non-hydrogen) atoms. The van der Waals surface area contributed by atoms with E-state index in [0.29, 0.717) is 12.4 Å². The van der Waals surface area contributed by atoms with Crippen LogP contribution in [0.15, 0.2) is 140 Å². The van der Waals surface area contributed by atoms with Gasteiger partial charge in [-0.1, -0.05) is 153 Å². The minimum absolute atomic E-state index is 0.560. The van der Waals surface area contributed by atoms with Crippen LogP contribution < -0.4 is 5.32 Å². The average molecular weight is 754 g/mol. The molecule has 2 aromatic heterocycles. The average Bonchev–Trinajstić information content (AvgIpc) is 3.67. The fourth-order valence-corrected chi connectivity index (χ4v) is 7.13. The molecule has 0 aliphatic rings. The summed E-state index contributed by atoms with van der Waals surface area (Å²) < 4.78 is 1.08. The molecule has 0 atom stereocenters. The highest BCUT2D eigenvalue weighted by Gasteiger charge is 2.41. The summed E-state index contributed by atoms with van der Waals surface area (Å²) in [6.07, 6.45) is 1.69. The van der Waals surface area contributed by atoms with Gasteiger partial charge in [-0.05, 0) is 67.6 Å². The largest absolute Gasteiger partial charge is 0.365 e. The van der Waals surface area contributed by atoms with Crippen LogP contribution in [0, 0.1) is 3.57 Å². The van der Waals surface area contributed by atoms with Gasteiger partial charge in [0.2, 0.25) is 5.82 Å². The van der Waals surface area contributed by atoms with E-state index >= 15 is 0 Å². The maximum atomic E-state index is 5.16. The van der Waals surface area contributed by atoms with Crippen LogP contribution in [0.1, 0.15) is 47.6 Å². The molecule has 0 saturated carbocycles. The third kappa shape index (κ3) is 6.36. The van der Waals surface area contributed by atoms with Gasteiger partial charge >= 0.3 is 0 Å². The first kappa shape index (κ1) is 32.3. The zero-order valence-corrected chi connectivity index (χ0v) is 29.6. The second-order valence-corrected chi connectivity index (χ2v) is 12.8. The molecule has 5 aromatic carbocycles. The molecule has 0 unspecified atom stereocenters. The third-order valence-corrected chi connectivity index (χ3v) is 9.93. The Balaban J connectivity index is 1.24. The van der Waals surface area contributed by atoms with Gasteiger partial charge in [-0.3, -0.25) is 0 Å². The summed E-state index contributed by atoms with van der Waals surface area (Å²) in [5.74, 6) is 2.32. The van der Waals surface area contributed by atoms with Crippen molar-refractivity contribution in [2.24, 2.45) is 0 Å². The number of hydrogen-bond acceptors (Lipinski definition) is 6. The lowest BCUT2D eigenvalue weighted by molar-refractivity contribution is 0.396. The maximum Gasteiger partial charge on any atom is 0.205 e. The predicted octanol–water partition coefficient (Wildman–Crippen LogP) is 8.98. The van der Waals surface area contributed by atoms with E-state index in [9.17, 15) is 0 Å². The molecule has 0 radical (unpaired) electrons. The van der Waals surface area contributed by atoms with Crippen LogP contribution in [0.3, 0.4) is 0 Å². The lowest BCUT2D eigenvalue weighted by Crippen LogP contribution is -2.39. The van der Waals surface area contributed by atoms with Gasteiger partial charge in [0.1, 0.15) is 11.6 Å². The van der Waals surface area contributed by atoms with E-state index in [-0.39, 0.29) is 0 Å². The quantitative estimate of drug-likeness (QED) is 0.105. The number of tetrazole rings is 1. The normalized spacial score (nSPS) is 11.4. The van der Waals surface area contributed by atoms with E-state index in [1.165, 1.54) is 0 Å². The second-order valence-electron chi connectivity index (χ2n) is 11.8. The van der Waals surface area contributed by atoms with Crippen LogP contribution in [-0.4, -0.2) is 30.2 Å². The van der Waals surface area contributed by atoms with E-state index < -0.39 is 5.54 Å². The number of hydrogen-bond donors (Lipinski definition) is 1. The van der Waals surface area contributed by atoms with Crippen LogP contribution >= 0.6 is 22.6 Å². The molecule has 7 rings (SSSR count). The first-order chi connectivity index (χ1) is 24.1. The summed E-state index contributed by atoms with van der Waals surface area (Å²) in [6, 6.07) is 48.1. The predicted molar refractivity (Wildman–Crippen MR) is 204 cm³/mol. The van der Waals surface area contributed by atoms with Crippen molar-refractivity contribution in [3.05, 3.63) is 177 Å². The van der Waals surface area contributed by atoms with E-state index in [1.54, 1.807) is 4.80 Å². The Labute approximate surface area is 300 Å². The highest BCUT2D eigenvalue weighted by atomic mass is 127. The Morgan fingerprint density at radius 3 is 1.73 bits per heavy atom. The van der Waals surface area contributed by atoms with Gasteiger partial charge in [-0.25, -0.2) is 9.97 Å². The lowest BCUT2D eigenvalue weighted by Gasteiger charge is -2.34. The van der Waals surface area contributed by atoms with Crippen molar-refractivity contribution < 1.29 is 0 Å². The number of benzene rings is 5. The van der Waals surface area contributed by atoms with E-state index in [0.717, 1.165) is 72.7 Å². The summed E-state index contributed by atoms with van der Waals surface area (Å²) in [4.78, 5) is 11.2. The van der Waals surface area contributed by atoms with Crippen molar-refractivity contribution >= 4 is 28.4 Å². The summed E-state index contributed by atoms with van der Waals surface area (Å²) >= 11 is 2.35. The monoisotopic (exact) mass is 753 g/mol. The van der Waals surface area contributed by atoms with Crippen LogP contribution in [0.5, 0.6) is 0 Å². The molecular formula is C41H36IN7. The Kier molecular flexibility index (Phi) is 9.56. The molecule has 0 fully saturated rings. The number of anilines is 1. The van der Waals surface area contributed by atoms with Gasteiger partial charge in [0.15, 0.2) is 5.54 Å². The standard InChI is InChI=1S/C41H36IN7/c1-3-36-38(42)40(45-37(4-2)44-36)43-28-29-24-26-30(27-25-29)34-22-14-15-23-35(34)39-46-48-49(47-39)41(31-16-8-5-9-17-31,32-18-10-6-11-19-32)33-20-12-7-13-21-33/h5-27H,3-4,28H2,1-2H3,(H,43,44,45). The highest BCUT2D eigenvalue weighted by molar-refractivity contribution is 14.1. The fraction of sp³-hybridized carbons (Fsp3) is 0.146. The molecule has 1 N–H and O–H groups in total. The first-order valence-corrected chi connectivity index (χ1v) is 17.6. The summed E-state index contributed by atoms with van der Waals surface area (Å²) in [7, 11) is 0. The number of nitrogens with one attached hydrogen (secondary N) is 1. The molecule has 8 heteroatoms. The van der Waals surface area contributed by atoms with Crippen molar-refractivity contribution in [2.75, 3.05) is 5.32 Å². The Hall–Kier alpha value is -5.22. The Morgan fingerprint density at radius 2 is 1.18 bits per heavy atom. The molecule has 0 saturated heterocycles. The molecular weight excluding hydrogens is 717 g/mol. The molecule has 2 heterocycles.